The summed E-state index contributed by atoms with van der Waals surface area (Å²) < 4.78 is 27.7. The van der Waals surface area contributed by atoms with Crippen molar-refractivity contribution in [1.29, 1.82) is 0 Å². The Morgan fingerprint density at radius 3 is 0.920 bits per heavy atom. The van der Waals surface area contributed by atoms with Crippen LogP contribution in [0.1, 0.15) is 111 Å². The van der Waals surface area contributed by atoms with Crippen LogP contribution in [-0.2, 0) is 47.7 Å². The van der Waals surface area contributed by atoms with Crippen LogP contribution in [0.5, 0.6) is 0 Å². The minimum Gasteiger partial charge on any atom is -0.459 e. The van der Waals surface area contributed by atoms with Gasteiger partial charge in [-0.2, -0.15) is 0 Å². The van der Waals surface area contributed by atoms with E-state index in [1.54, 1.807) is 121 Å². The van der Waals surface area contributed by atoms with Gasteiger partial charge in [0.2, 0.25) is 0 Å². The fraction of sp³-hybridized carbons (Fsp3) is 0.861. The number of nitrogens with zero attached hydrogens (tertiary/aromatic N) is 3. The van der Waals surface area contributed by atoms with Crippen LogP contribution in [0.4, 0.5) is 0 Å². The first-order valence-electron chi connectivity index (χ1n) is 17.1. The van der Waals surface area contributed by atoms with E-state index in [4.69, 9.17) is 23.7 Å². The SMILES string of the molecule is CC(C)(C)OC(=O)CN(CCN(CC(=O)OC(C)(C)C)CC(C)(CO)N(CC(=O)OC(C)(C)C)CC(=O)OC(C)(C)C)CC(=O)OC(C)(C)C. The van der Waals surface area contributed by atoms with Gasteiger partial charge >= 0.3 is 29.8 Å². The number of aliphatic hydroxyl groups excluding tert-OH is 1. The first-order chi connectivity index (χ1) is 22.2. The van der Waals surface area contributed by atoms with Crippen molar-refractivity contribution >= 4 is 29.8 Å². The number of aliphatic hydroxyl groups is 1. The number of carbonyl (C=O) groups is 5. The molecule has 50 heavy (non-hydrogen) atoms. The van der Waals surface area contributed by atoms with Crippen molar-refractivity contribution in [3.8, 4) is 0 Å². The molecule has 0 bridgehead atoms. The Hall–Kier alpha value is -2.81. The van der Waals surface area contributed by atoms with Crippen molar-refractivity contribution in [3.63, 3.8) is 0 Å². The fourth-order valence-electron chi connectivity index (χ4n) is 4.61. The Kier molecular flexibility index (Phi) is 17.6. The molecule has 0 saturated heterocycles. The van der Waals surface area contributed by atoms with E-state index in [1.807, 2.05) is 0 Å². The molecule has 0 amide bonds. The average molecular weight is 718 g/mol. The number of hydrogen-bond acceptors (Lipinski definition) is 14. The third-order valence-corrected chi connectivity index (χ3v) is 6.20. The third-order valence-electron chi connectivity index (χ3n) is 6.20. The van der Waals surface area contributed by atoms with Crippen LogP contribution in [0, 0.1) is 0 Å². The van der Waals surface area contributed by atoms with Gasteiger partial charge in [0, 0.05) is 19.6 Å². The Morgan fingerprint density at radius 1 is 0.420 bits per heavy atom. The Balaban J connectivity index is 6.63. The molecule has 0 aliphatic rings. The molecule has 0 radical (unpaired) electrons. The summed E-state index contributed by atoms with van der Waals surface area (Å²) in [5.74, 6) is -2.92. The molecule has 14 heteroatoms. The summed E-state index contributed by atoms with van der Waals surface area (Å²) in [6, 6.07) is 0. The molecule has 0 fully saturated rings. The van der Waals surface area contributed by atoms with Crippen LogP contribution >= 0.6 is 0 Å². The minimum absolute atomic E-state index is 0.0406. The lowest BCUT2D eigenvalue weighted by Gasteiger charge is -2.43. The van der Waals surface area contributed by atoms with E-state index >= 15 is 0 Å². The summed E-state index contributed by atoms with van der Waals surface area (Å²) >= 11 is 0. The molecule has 0 spiro atoms. The highest BCUT2D eigenvalue weighted by Gasteiger charge is 2.39. The lowest BCUT2D eigenvalue weighted by atomic mass is 9.99. The zero-order valence-corrected chi connectivity index (χ0v) is 33.7. The topological polar surface area (TPSA) is 161 Å². The summed E-state index contributed by atoms with van der Waals surface area (Å²) in [6.45, 7) is 25.8. The van der Waals surface area contributed by atoms with E-state index in [0.29, 0.717) is 0 Å². The maximum atomic E-state index is 13.1. The predicted octanol–water partition coefficient (Wildman–Crippen LogP) is 3.35. The van der Waals surface area contributed by atoms with Gasteiger partial charge < -0.3 is 28.8 Å². The molecule has 0 saturated carbocycles. The van der Waals surface area contributed by atoms with Crippen LogP contribution in [0.2, 0.25) is 0 Å². The van der Waals surface area contributed by atoms with Gasteiger partial charge in [-0.3, -0.25) is 38.7 Å². The quantitative estimate of drug-likeness (QED) is 0.172. The molecular formula is C36H67N3O11. The first-order valence-corrected chi connectivity index (χ1v) is 17.1. The molecular weight excluding hydrogens is 650 g/mol. The van der Waals surface area contributed by atoms with Crippen LogP contribution in [0.15, 0.2) is 0 Å². The molecule has 1 N–H and O–H groups in total. The smallest absolute Gasteiger partial charge is 0.320 e. The minimum atomic E-state index is -1.29. The predicted molar refractivity (Wildman–Crippen MR) is 189 cm³/mol. The molecule has 1 atom stereocenters. The highest BCUT2D eigenvalue weighted by atomic mass is 16.6. The molecule has 0 aliphatic heterocycles. The summed E-state index contributed by atoms with van der Waals surface area (Å²) in [4.78, 5) is 69.7. The number of ether oxygens (including phenoxy) is 5. The van der Waals surface area contributed by atoms with Crippen molar-refractivity contribution in [2.24, 2.45) is 0 Å². The highest BCUT2D eigenvalue weighted by molar-refractivity contribution is 5.76. The zero-order chi connectivity index (χ0) is 39.5. The van der Waals surface area contributed by atoms with Gasteiger partial charge in [-0.1, -0.05) is 0 Å². The first kappa shape index (κ1) is 47.2. The maximum Gasteiger partial charge on any atom is 0.320 e. The monoisotopic (exact) mass is 717 g/mol. The van der Waals surface area contributed by atoms with Crippen LogP contribution < -0.4 is 0 Å². The van der Waals surface area contributed by atoms with E-state index in [0.717, 1.165) is 0 Å². The molecule has 0 rings (SSSR count). The number of esters is 5. The molecule has 0 aromatic carbocycles. The zero-order valence-electron chi connectivity index (χ0n) is 33.7. The summed E-state index contributed by atoms with van der Waals surface area (Å²) in [7, 11) is 0. The van der Waals surface area contributed by atoms with Crippen molar-refractivity contribution in [2.75, 3.05) is 59.0 Å². The molecule has 0 aromatic heterocycles. The number of hydrogen-bond donors (Lipinski definition) is 1. The number of carbonyl (C=O) groups excluding carboxylic acids is 5. The number of rotatable bonds is 17. The van der Waals surface area contributed by atoms with E-state index in [1.165, 1.54) is 4.90 Å². The third kappa shape index (κ3) is 23.6. The second-order valence-electron chi connectivity index (χ2n) is 17.9. The Bertz CT molecular complexity index is 1080. The van der Waals surface area contributed by atoms with Gasteiger partial charge in [0.15, 0.2) is 0 Å². The van der Waals surface area contributed by atoms with Gasteiger partial charge in [0.25, 0.3) is 0 Å². The van der Waals surface area contributed by atoms with Crippen molar-refractivity contribution in [1.82, 2.24) is 14.7 Å². The average Bonchev–Trinajstić information content (AvgIpc) is 2.80. The maximum absolute atomic E-state index is 13.1. The fourth-order valence-corrected chi connectivity index (χ4v) is 4.61. The summed E-state index contributed by atoms with van der Waals surface area (Å²) in [5, 5.41) is 10.8. The Labute approximate surface area is 300 Å². The molecule has 0 aliphatic carbocycles. The second kappa shape index (κ2) is 18.6. The largest absolute Gasteiger partial charge is 0.459 e. The molecule has 1 unspecified atom stereocenters. The van der Waals surface area contributed by atoms with Crippen LogP contribution in [0.3, 0.4) is 0 Å². The highest BCUT2D eigenvalue weighted by Crippen LogP contribution is 2.21. The van der Waals surface area contributed by atoms with Crippen LogP contribution in [-0.4, -0.2) is 142 Å². The van der Waals surface area contributed by atoms with Crippen molar-refractivity contribution < 1.29 is 52.8 Å². The molecule has 0 aromatic rings. The van der Waals surface area contributed by atoms with E-state index in [2.05, 4.69) is 0 Å². The van der Waals surface area contributed by atoms with Gasteiger partial charge in [0.05, 0.1) is 44.9 Å². The normalized spacial score (nSPS) is 14.3. The lowest BCUT2D eigenvalue weighted by molar-refractivity contribution is -0.165. The molecule has 14 nitrogen and oxygen atoms in total. The lowest BCUT2D eigenvalue weighted by Crippen LogP contribution is -2.60. The van der Waals surface area contributed by atoms with E-state index in [9.17, 15) is 29.1 Å². The van der Waals surface area contributed by atoms with E-state index in [-0.39, 0.29) is 52.4 Å². The summed E-state index contributed by atoms with van der Waals surface area (Å²) in [5.41, 5.74) is -5.21. The van der Waals surface area contributed by atoms with Gasteiger partial charge in [-0.25, -0.2) is 0 Å². The standard InChI is InChI=1S/C36H67N3O11/c1-31(2,3)46-26(41)19-37(20-27(42)47-32(4,5)6)17-18-38(21-28(43)48-33(7,8)9)24-36(16,25-40)39(22-29(44)49-34(10,11)12)23-30(45)50-35(13,14)15/h40H,17-25H2,1-16H3. The van der Waals surface area contributed by atoms with Gasteiger partial charge in [0.1, 0.15) is 28.0 Å². The van der Waals surface area contributed by atoms with Crippen molar-refractivity contribution in [2.45, 2.75) is 144 Å². The van der Waals surface area contributed by atoms with Crippen molar-refractivity contribution in [3.05, 3.63) is 0 Å². The Morgan fingerprint density at radius 2 is 0.660 bits per heavy atom. The molecule has 292 valence electrons. The summed E-state index contributed by atoms with van der Waals surface area (Å²) in [6.07, 6.45) is 0. The van der Waals surface area contributed by atoms with Crippen LogP contribution in [0.25, 0.3) is 0 Å². The second-order valence-corrected chi connectivity index (χ2v) is 17.9. The van der Waals surface area contributed by atoms with Gasteiger partial charge in [-0.15, -0.1) is 0 Å². The molecule has 0 heterocycles. The van der Waals surface area contributed by atoms with E-state index < -0.39 is 70.0 Å². The van der Waals surface area contributed by atoms with Gasteiger partial charge in [-0.05, 0) is 111 Å².